The topological polar surface area (TPSA) is 0 Å². The first kappa shape index (κ1) is 13.3. The molecule has 0 aromatic carbocycles. The van der Waals surface area contributed by atoms with Crippen molar-refractivity contribution in [3.8, 4) is 0 Å². The Morgan fingerprint density at radius 3 is 2.30 bits per heavy atom. The zero-order valence-electron chi connectivity index (χ0n) is 6.47. The smallest absolute Gasteiger partial charge is 0.0115 e. The van der Waals surface area contributed by atoms with E-state index in [1.165, 1.54) is 0 Å². The van der Waals surface area contributed by atoms with Crippen LogP contribution in [-0.4, -0.2) is 39.6 Å². The molecule has 10 heavy (non-hydrogen) atoms. The van der Waals surface area contributed by atoms with Gasteiger partial charge >= 0.3 is 0 Å². The van der Waals surface area contributed by atoms with Crippen molar-refractivity contribution in [1.82, 2.24) is 0 Å². The van der Waals surface area contributed by atoms with Crippen molar-refractivity contribution < 1.29 is 0 Å². The van der Waals surface area contributed by atoms with Gasteiger partial charge in [-0.2, -0.15) is 0 Å². The van der Waals surface area contributed by atoms with Gasteiger partial charge in [-0.25, -0.2) is 0 Å². The van der Waals surface area contributed by atoms with Gasteiger partial charge in [-0.15, -0.1) is 0 Å². The number of rotatable bonds is 2. The number of allylic oxidation sites excluding steroid dienone is 2. The third kappa shape index (κ3) is 5.52. The Bertz CT molecular complexity index is 186. The van der Waals surface area contributed by atoms with Gasteiger partial charge in [-0.05, 0) is 53.1 Å². The molecule has 0 aromatic rings. The van der Waals surface area contributed by atoms with Gasteiger partial charge in [0.15, 0.2) is 0 Å². The molecule has 49 valence electrons. The van der Waals surface area contributed by atoms with Crippen molar-refractivity contribution in [2.24, 2.45) is 5.92 Å². The van der Waals surface area contributed by atoms with E-state index in [2.05, 4.69) is 34.5 Å². The summed E-state index contributed by atoms with van der Waals surface area (Å²) < 4.78 is 0. The van der Waals surface area contributed by atoms with Gasteiger partial charge in [-0.3, -0.25) is 0 Å². The van der Waals surface area contributed by atoms with Crippen LogP contribution in [0.2, 0.25) is 0 Å². The molecule has 0 aliphatic carbocycles. The molecule has 1 atom stereocenters. The van der Waals surface area contributed by atoms with E-state index in [1.54, 1.807) is 6.08 Å². The SMILES string of the molecule is CC(=C=S)C(C)C=C=S.[Na]. The minimum Gasteiger partial charge on any atom is -0.0539 e. The predicted octanol–water partition coefficient (Wildman–Crippen LogP) is 1.94. The molecule has 0 fully saturated rings. The van der Waals surface area contributed by atoms with E-state index in [9.17, 15) is 0 Å². The molecule has 0 amide bonds. The standard InChI is InChI=1S/C7H8S2.Na/c1-6(3-4-8)7(2)5-9;/h3,6H,1-2H3;. The van der Waals surface area contributed by atoms with Crippen LogP contribution >= 0.6 is 24.4 Å². The van der Waals surface area contributed by atoms with Gasteiger partial charge in [0.05, 0.1) is 0 Å². The van der Waals surface area contributed by atoms with Gasteiger partial charge in [-0.1, -0.05) is 6.92 Å². The Labute approximate surface area is 94.7 Å². The third-order valence-electron chi connectivity index (χ3n) is 1.16. The van der Waals surface area contributed by atoms with Crippen LogP contribution in [0.5, 0.6) is 0 Å². The van der Waals surface area contributed by atoms with E-state index < -0.39 is 0 Å². The minimum absolute atomic E-state index is 0. The summed E-state index contributed by atoms with van der Waals surface area (Å²) in [4.78, 5) is 0. The molecular weight excluding hydrogens is 171 g/mol. The molecule has 3 heteroatoms. The molecule has 0 N–H and O–H groups in total. The molecule has 0 aliphatic rings. The maximum Gasteiger partial charge on any atom is 0.0115 e. The van der Waals surface area contributed by atoms with Crippen molar-refractivity contribution in [3.63, 3.8) is 0 Å². The van der Waals surface area contributed by atoms with Crippen molar-refractivity contribution in [1.29, 1.82) is 0 Å². The first-order valence-corrected chi connectivity index (χ1v) is 3.46. The Kier molecular flexibility index (Phi) is 10.5. The first-order chi connectivity index (χ1) is 4.22. The molecule has 0 aromatic heterocycles. The van der Waals surface area contributed by atoms with Crippen LogP contribution in [-0.2, 0) is 0 Å². The molecule has 0 aliphatic heterocycles. The Hall–Kier alpha value is 0.740. The summed E-state index contributed by atoms with van der Waals surface area (Å²) in [6.45, 7) is 3.94. The molecule has 0 saturated carbocycles. The van der Waals surface area contributed by atoms with Gasteiger partial charge < -0.3 is 0 Å². The summed E-state index contributed by atoms with van der Waals surface area (Å²) in [7, 11) is 0. The quantitative estimate of drug-likeness (QED) is 0.469. The Balaban J connectivity index is 0. The summed E-state index contributed by atoms with van der Waals surface area (Å²) >= 11 is 9.11. The molecule has 1 radical (unpaired) electrons. The third-order valence-corrected chi connectivity index (χ3v) is 1.62. The molecule has 0 saturated heterocycles. The largest absolute Gasteiger partial charge is 0.0539 e. The van der Waals surface area contributed by atoms with Crippen molar-refractivity contribution in [2.75, 3.05) is 0 Å². The fraction of sp³-hybridized carbons (Fsp3) is 0.429. The molecule has 0 rings (SSSR count). The van der Waals surface area contributed by atoms with Crippen molar-refractivity contribution in [2.45, 2.75) is 13.8 Å². The number of hydrogen-bond donors (Lipinski definition) is 0. The van der Waals surface area contributed by atoms with Gasteiger partial charge in [0.25, 0.3) is 0 Å². The van der Waals surface area contributed by atoms with E-state index in [0.717, 1.165) is 5.57 Å². The summed E-state index contributed by atoms with van der Waals surface area (Å²) in [5.41, 5.74) is 1.03. The van der Waals surface area contributed by atoms with Crippen molar-refractivity contribution in [3.05, 3.63) is 11.6 Å². The summed E-state index contributed by atoms with van der Waals surface area (Å²) in [6, 6.07) is 0. The Morgan fingerprint density at radius 2 is 2.00 bits per heavy atom. The molecule has 0 spiro atoms. The van der Waals surface area contributed by atoms with Crippen LogP contribution in [0.4, 0.5) is 0 Å². The molecule has 0 heterocycles. The second kappa shape index (κ2) is 7.84. The van der Waals surface area contributed by atoms with Crippen LogP contribution in [0.3, 0.4) is 0 Å². The number of thiocarbonyl (C=S) groups is 2. The summed E-state index contributed by atoms with van der Waals surface area (Å²) in [6.07, 6.45) is 1.80. The van der Waals surface area contributed by atoms with E-state index in [-0.39, 0.29) is 29.6 Å². The zero-order valence-corrected chi connectivity index (χ0v) is 10.1. The fourth-order valence-electron chi connectivity index (χ4n) is 0.320. The van der Waals surface area contributed by atoms with E-state index in [4.69, 9.17) is 0 Å². The van der Waals surface area contributed by atoms with E-state index >= 15 is 0 Å². The normalized spacial score (nSPS) is 9.80. The van der Waals surface area contributed by atoms with E-state index in [0.29, 0.717) is 5.92 Å². The second-order valence-corrected chi connectivity index (χ2v) is 2.30. The predicted molar refractivity (Wildman–Crippen MR) is 53.9 cm³/mol. The molecule has 0 nitrogen and oxygen atoms in total. The fourth-order valence-corrected chi connectivity index (χ4v) is 0.710. The Morgan fingerprint density at radius 1 is 1.50 bits per heavy atom. The van der Waals surface area contributed by atoms with Crippen LogP contribution in [0.1, 0.15) is 13.8 Å². The first-order valence-electron chi connectivity index (χ1n) is 2.65. The molecular formula is C7H8NaS2. The summed E-state index contributed by atoms with van der Waals surface area (Å²) in [5.74, 6) is 0.292. The van der Waals surface area contributed by atoms with Crippen LogP contribution in [0.25, 0.3) is 0 Å². The molecule has 0 bridgehead atoms. The number of hydrogen-bond acceptors (Lipinski definition) is 2. The van der Waals surface area contributed by atoms with E-state index in [1.807, 2.05) is 13.8 Å². The maximum atomic E-state index is 4.60. The molecule has 1 unspecified atom stereocenters. The monoisotopic (exact) mass is 179 g/mol. The maximum absolute atomic E-state index is 4.60. The summed E-state index contributed by atoms with van der Waals surface area (Å²) in [5, 5.41) is 5.17. The van der Waals surface area contributed by atoms with Crippen LogP contribution in [0, 0.1) is 5.92 Å². The van der Waals surface area contributed by atoms with Gasteiger partial charge in [0.1, 0.15) is 0 Å². The average molecular weight is 179 g/mol. The van der Waals surface area contributed by atoms with Crippen LogP contribution in [0.15, 0.2) is 11.6 Å². The second-order valence-electron chi connectivity index (χ2n) is 1.86. The average Bonchev–Trinajstić information content (AvgIpc) is 1.87. The minimum atomic E-state index is 0. The van der Waals surface area contributed by atoms with Crippen molar-refractivity contribution >= 4 is 64.0 Å². The van der Waals surface area contributed by atoms with Crippen LogP contribution < -0.4 is 0 Å². The van der Waals surface area contributed by atoms with Gasteiger partial charge in [0, 0.05) is 35.5 Å². The zero-order chi connectivity index (χ0) is 7.28. The van der Waals surface area contributed by atoms with Gasteiger partial charge in [0.2, 0.25) is 0 Å².